The predicted molar refractivity (Wildman–Crippen MR) is 129 cm³/mol. The number of carbonyl (C=O) groups excluding carboxylic acids is 2. The van der Waals surface area contributed by atoms with E-state index in [0.717, 1.165) is 31.7 Å². The van der Waals surface area contributed by atoms with E-state index in [1.54, 1.807) is 36.4 Å². The van der Waals surface area contributed by atoms with E-state index in [1.807, 2.05) is 6.07 Å². The van der Waals surface area contributed by atoms with Crippen molar-refractivity contribution in [1.82, 2.24) is 15.1 Å². The SMILES string of the molecule is CN1CCN(C[C@H](NC(=O)C2(c3ccc(Cl)cc3Cl)CC2)C(=O)c2cccc(Cl)c2)CC1. The van der Waals surface area contributed by atoms with Crippen LogP contribution in [0.2, 0.25) is 15.1 Å². The number of amides is 1. The van der Waals surface area contributed by atoms with E-state index in [4.69, 9.17) is 34.8 Å². The molecular weight excluding hydrogens is 469 g/mol. The Morgan fingerprint density at radius 2 is 1.69 bits per heavy atom. The molecule has 4 rings (SSSR count). The van der Waals surface area contributed by atoms with Gasteiger partial charge >= 0.3 is 0 Å². The molecule has 2 fully saturated rings. The predicted octanol–water partition coefficient (Wildman–Crippen LogP) is 4.29. The van der Waals surface area contributed by atoms with Crippen LogP contribution in [-0.2, 0) is 10.2 Å². The molecule has 2 aromatic carbocycles. The molecule has 1 N–H and O–H groups in total. The minimum atomic E-state index is -0.712. The van der Waals surface area contributed by atoms with Crippen LogP contribution in [0.25, 0.3) is 0 Å². The molecule has 0 bridgehead atoms. The summed E-state index contributed by atoms with van der Waals surface area (Å²) in [5.74, 6) is -0.311. The van der Waals surface area contributed by atoms with Crippen molar-refractivity contribution in [2.24, 2.45) is 0 Å². The van der Waals surface area contributed by atoms with Gasteiger partial charge in [0.15, 0.2) is 5.78 Å². The van der Waals surface area contributed by atoms with Crippen LogP contribution < -0.4 is 5.32 Å². The Labute approximate surface area is 203 Å². The van der Waals surface area contributed by atoms with Crippen molar-refractivity contribution < 1.29 is 9.59 Å². The van der Waals surface area contributed by atoms with Crippen molar-refractivity contribution in [3.63, 3.8) is 0 Å². The van der Waals surface area contributed by atoms with Gasteiger partial charge in [-0.15, -0.1) is 0 Å². The van der Waals surface area contributed by atoms with Crippen molar-refractivity contribution in [2.75, 3.05) is 39.8 Å². The fourth-order valence-electron chi connectivity index (χ4n) is 4.24. The summed E-state index contributed by atoms with van der Waals surface area (Å²) >= 11 is 18.6. The molecule has 1 aliphatic heterocycles. The Hall–Kier alpha value is -1.63. The molecule has 1 heterocycles. The minimum Gasteiger partial charge on any atom is -0.344 e. The van der Waals surface area contributed by atoms with Crippen LogP contribution in [0.15, 0.2) is 42.5 Å². The molecule has 170 valence electrons. The van der Waals surface area contributed by atoms with Crippen molar-refractivity contribution >= 4 is 46.5 Å². The third kappa shape index (κ3) is 5.13. The van der Waals surface area contributed by atoms with Crippen LogP contribution in [0.5, 0.6) is 0 Å². The number of hydrogen-bond donors (Lipinski definition) is 1. The van der Waals surface area contributed by atoms with E-state index in [9.17, 15) is 9.59 Å². The molecule has 5 nitrogen and oxygen atoms in total. The lowest BCUT2D eigenvalue weighted by atomic mass is 9.93. The van der Waals surface area contributed by atoms with Crippen LogP contribution in [0.3, 0.4) is 0 Å². The second-order valence-electron chi connectivity index (χ2n) is 8.71. The van der Waals surface area contributed by atoms with Gasteiger partial charge in [-0.3, -0.25) is 14.5 Å². The Balaban J connectivity index is 1.56. The zero-order chi connectivity index (χ0) is 22.9. The van der Waals surface area contributed by atoms with Crippen LogP contribution in [0.4, 0.5) is 0 Å². The summed E-state index contributed by atoms with van der Waals surface area (Å²) in [5, 5.41) is 4.55. The van der Waals surface area contributed by atoms with Gasteiger partial charge in [0, 0.05) is 53.4 Å². The second-order valence-corrected chi connectivity index (χ2v) is 9.99. The summed E-state index contributed by atoms with van der Waals surface area (Å²) in [6, 6.07) is 11.4. The Morgan fingerprint density at radius 3 is 2.31 bits per heavy atom. The molecule has 1 aliphatic carbocycles. The van der Waals surface area contributed by atoms with Gasteiger partial charge in [-0.05, 0) is 49.7 Å². The van der Waals surface area contributed by atoms with E-state index >= 15 is 0 Å². The average Bonchev–Trinajstić information content (AvgIpc) is 3.56. The lowest BCUT2D eigenvalue weighted by molar-refractivity contribution is -0.124. The van der Waals surface area contributed by atoms with Crippen LogP contribution >= 0.6 is 34.8 Å². The zero-order valence-corrected chi connectivity index (χ0v) is 20.2. The lowest BCUT2D eigenvalue weighted by Crippen LogP contribution is -2.54. The number of piperazine rings is 1. The molecule has 32 heavy (non-hydrogen) atoms. The van der Waals surface area contributed by atoms with E-state index in [0.29, 0.717) is 40.0 Å². The van der Waals surface area contributed by atoms with Crippen LogP contribution in [-0.4, -0.2) is 67.3 Å². The van der Waals surface area contributed by atoms with E-state index in [2.05, 4.69) is 22.2 Å². The summed E-state index contributed by atoms with van der Waals surface area (Å²) in [7, 11) is 2.08. The number of carbonyl (C=O) groups is 2. The molecule has 0 spiro atoms. The largest absolute Gasteiger partial charge is 0.344 e. The Bertz CT molecular complexity index is 1020. The highest BCUT2D eigenvalue weighted by Crippen LogP contribution is 2.51. The number of benzene rings is 2. The third-order valence-electron chi connectivity index (χ3n) is 6.40. The maximum atomic E-state index is 13.5. The highest BCUT2D eigenvalue weighted by atomic mass is 35.5. The topological polar surface area (TPSA) is 52.6 Å². The first-order chi connectivity index (χ1) is 15.3. The molecule has 0 aromatic heterocycles. The molecule has 1 saturated heterocycles. The van der Waals surface area contributed by atoms with Gasteiger partial charge in [-0.2, -0.15) is 0 Å². The van der Waals surface area contributed by atoms with E-state index < -0.39 is 11.5 Å². The van der Waals surface area contributed by atoms with E-state index in [1.165, 1.54) is 0 Å². The molecule has 1 saturated carbocycles. The quantitative estimate of drug-likeness (QED) is 0.583. The van der Waals surface area contributed by atoms with Crippen molar-refractivity contribution in [3.05, 3.63) is 68.7 Å². The third-order valence-corrected chi connectivity index (χ3v) is 7.18. The minimum absolute atomic E-state index is 0.141. The summed E-state index contributed by atoms with van der Waals surface area (Å²) in [6.07, 6.45) is 1.37. The van der Waals surface area contributed by atoms with Crippen molar-refractivity contribution in [3.8, 4) is 0 Å². The van der Waals surface area contributed by atoms with Gasteiger partial charge in [-0.1, -0.05) is 53.0 Å². The number of Topliss-reactive ketones (excluding diaryl/α,β-unsaturated/α-hetero) is 1. The van der Waals surface area contributed by atoms with Gasteiger partial charge in [-0.25, -0.2) is 0 Å². The number of ketones is 1. The highest BCUT2D eigenvalue weighted by Gasteiger charge is 2.53. The second kappa shape index (κ2) is 9.70. The molecule has 2 aromatic rings. The van der Waals surface area contributed by atoms with Crippen molar-refractivity contribution in [1.29, 1.82) is 0 Å². The first kappa shape index (κ1) is 23.5. The number of nitrogens with one attached hydrogen (secondary N) is 1. The molecule has 8 heteroatoms. The summed E-state index contributed by atoms with van der Waals surface area (Å²) in [5.41, 5.74) is 0.539. The first-order valence-electron chi connectivity index (χ1n) is 10.8. The van der Waals surface area contributed by atoms with Crippen LogP contribution in [0, 0.1) is 0 Å². The van der Waals surface area contributed by atoms with Gasteiger partial charge in [0.25, 0.3) is 0 Å². The molecule has 2 aliphatic rings. The Kier molecular flexibility index (Phi) is 7.13. The summed E-state index contributed by atoms with van der Waals surface area (Å²) in [4.78, 5) is 31.4. The number of hydrogen-bond acceptors (Lipinski definition) is 4. The molecule has 1 atom stereocenters. The maximum absolute atomic E-state index is 13.5. The fourth-order valence-corrected chi connectivity index (χ4v) is 5.02. The molecule has 1 amide bonds. The molecule has 0 unspecified atom stereocenters. The Morgan fingerprint density at radius 1 is 1.00 bits per heavy atom. The smallest absolute Gasteiger partial charge is 0.231 e. The lowest BCUT2D eigenvalue weighted by Gasteiger charge is -2.35. The fraction of sp³-hybridized carbons (Fsp3) is 0.417. The maximum Gasteiger partial charge on any atom is 0.231 e. The monoisotopic (exact) mass is 493 g/mol. The molecular formula is C24H26Cl3N3O2. The molecule has 0 radical (unpaired) electrons. The van der Waals surface area contributed by atoms with Gasteiger partial charge < -0.3 is 10.2 Å². The number of halogens is 3. The standard InChI is InChI=1S/C24H26Cl3N3O2/c1-29-9-11-30(12-10-29)15-21(22(31)16-3-2-4-17(25)13-16)28-23(32)24(7-8-24)19-6-5-18(26)14-20(19)27/h2-6,13-14,21H,7-12,15H2,1H3,(H,28,32)/t21-/m0/s1. The summed E-state index contributed by atoms with van der Waals surface area (Å²) in [6.45, 7) is 4.00. The normalized spacial score (nSPS) is 19.4. The van der Waals surface area contributed by atoms with Crippen molar-refractivity contribution in [2.45, 2.75) is 24.3 Å². The average molecular weight is 495 g/mol. The van der Waals surface area contributed by atoms with E-state index in [-0.39, 0.29) is 11.7 Å². The number of likely N-dealkylation sites (N-methyl/N-ethyl adjacent to an activating group) is 1. The first-order valence-corrected chi connectivity index (χ1v) is 11.9. The van der Waals surface area contributed by atoms with Gasteiger partial charge in [0.1, 0.15) is 6.04 Å². The van der Waals surface area contributed by atoms with Crippen LogP contribution in [0.1, 0.15) is 28.8 Å². The number of rotatable bonds is 7. The van der Waals surface area contributed by atoms with Gasteiger partial charge in [0.05, 0.1) is 5.41 Å². The zero-order valence-electron chi connectivity index (χ0n) is 17.9. The van der Waals surface area contributed by atoms with Gasteiger partial charge in [0.2, 0.25) is 5.91 Å². The summed E-state index contributed by atoms with van der Waals surface area (Å²) < 4.78 is 0. The highest BCUT2D eigenvalue weighted by molar-refractivity contribution is 6.35. The number of nitrogens with zero attached hydrogens (tertiary/aromatic N) is 2.